The molecule has 4 aromatic rings. The highest BCUT2D eigenvalue weighted by molar-refractivity contribution is 6.29. The van der Waals surface area contributed by atoms with Gasteiger partial charge in [-0.05, 0) is 60.2 Å². The van der Waals surface area contributed by atoms with Gasteiger partial charge < -0.3 is 10.1 Å². The highest BCUT2D eigenvalue weighted by atomic mass is 35.5. The Morgan fingerprint density at radius 2 is 1.81 bits per heavy atom. The van der Waals surface area contributed by atoms with Gasteiger partial charge in [0, 0.05) is 31.2 Å². The first-order valence-corrected chi connectivity index (χ1v) is 11.3. The number of ether oxygens (including phenoxy) is 1. The van der Waals surface area contributed by atoms with E-state index in [1.54, 1.807) is 18.5 Å². The molecular formula is C26H25ClN4O. The van der Waals surface area contributed by atoms with Gasteiger partial charge in [0.2, 0.25) is 0 Å². The fraction of sp³-hybridized carbons (Fsp3) is 0.231. The number of halogens is 1. The van der Waals surface area contributed by atoms with Crippen LogP contribution in [0.25, 0.3) is 10.8 Å². The molecule has 1 N–H and O–H groups in total. The summed E-state index contributed by atoms with van der Waals surface area (Å²) >= 11 is 5.88. The van der Waals surface area contributed by atoms with Crippen LogP contribution in [0.5, 0.6) is 5.75 Å². The molecule has 0 atom stereocenters. The van der Waals surface area contributed by atoms with E-state index >= 15 is 0 Å². The van der Waals surface area contributed by atoms with Crippen LogP contribution in [0.1, 0.15) is 18.4 Å². The summed E-state index contributed by atoms with van der Waals surface area (Å²) in [7, 11) is 0. The predicted octanol–water partition coefficient (Wildman–Crippen LogP) is 6.07. The second kappa shape index (κ2) is 9.55. The molecule has 0 radical (unpaired) electrons. The molecule has 5 rings (SSSR count). The Morgan fingerprint density at radius 1 is 0.969 bits per heavy atom. The minimum absolute atomic E-state index is 0.249. The molecule has 1 aliphatic rings. The number of fused-ring (bicyclic) bond motifs is 1. The Balaban J connectivity index is 1.22. The van der Waals surface area contributed by atoms with E-state index in [1.165, 1.54) is 5.56 Å². The largest absolute Gasteiger partial charge is 0.490 e. The number of aromatic nitrogens is 2. The molecule has 3 heterocycles. The summed E-state index contributed by atoms with van der Waals surface area (Å²) in [6, 6.07) is 22.5. The van der Waals surface area contributed by atoms with Gasteiger partial charge in [-0.3, -0.25) is 4.90 Å². The van der Waals surface area contributed by atoms with E-state index in [0.29, 0.717) is 5.15 Å². The van der Waals surface area contributed by atoms with Crippen LogP contribution < -0.4 is 10.1 Å². The van der Waals surface area contributed by atoms with E-state index in [0.717, 1.165) is 60.5 Å². The maximum atomic E-state index is 6.34. The predicted molar refractivity (Wildman–Crippen MR) is 130 cm³/mol. The van der Waals surface area contributed by atoms with Crippen LogP contribution in [0, 0.1) is 0 Å². The summed E-state index contributed by atoms with van der Waals surface area (Å²) in [6.45, 7) is 3.12. The molecule has 1 fully saturated rings. The maximum absolute atomic E-state index is 6.34. The van der Waals surface area contributed by atoms with Crippen molar-refractivity contribution in [3.63, 3.8) is 0 Å². The Hall–Kier alpha value is -3.15. The van der Waals surface area contributed by atoms with Crippen molar-refractivity contribution in [3.8, 4) is 5.75 Å². The maximum Gasteiger partial charge on any atom is 0.138 e. The molecule has 6 heteroatoms. The second-order valence-electron chi connectivity index (χ2n) is 8.12. The Morgan fingerprint density at radius 3 is 2.59 bits per heavy atom. The van der Waals surface area contributed by atoms with Crippen LogP contribution >= 0.6 is 11.6 Å². The summed E-state index contributed by atoms with van der Waals surface area (Å²) in [5.74, 6) is 1.69. The molecule has 2 aromatic carbocycles. The van der Waals surface area contributed by atoms with Crippen LogP contribution in [0.15, 0.2) is 79.1 Å². The number of hydrogen-bond donors (Lipinski definition) is 1. The number of hydrogen-bond acceptors (Lipinski definition) is 5. The molecule has 0 aliphatic carbocycles. The van der Waals surface area contributed by atoms with E-state index in [4.69, 9.17) is 16.3 Å². The van der Waals surface area contributed by atoms with Crippen LogP contribution in [0.4, 0.5) is 11.5 Å². The van der Waals surface area contributed by atoms with E-state index < -0.39 is 0 Å². The summed E-state index contributed by atoms with van der Waals surface area (Å²) < 4.78 is 6.34. The Bertz CT molecular complexity index is 1180. The first-order chi connectivity index (χ1) is 15.7. The van der Waals surface area contributed by atoms with Crippen LogP contribution in [-0.2, 0) is 6.54 Å². The van der Waals surface area contributed by atoms with Gasteiger partial charge >= 0.3 is 0 Å². The van der Waals surface area contributed by atoms with Gasteiger partial charge in [0.05, 0.1) is 11.9 Å². The average Bonchev–Trinajstić information content (AvgIpc) is 2.83. The van der Waals surface area contributed by atoms with E-state index in [1.807, 2.05) is 18.2 Å². The highest BCUT2D eigenvalue weighted by Crippen LogP contribution is 2.29. The smallest absolute Gasteiger partial charge is 0.138 e. The molecular weight excluding hydrogens is 420 g/mol. The molecule has 2 aromatic heterocycles. The van der Waals surface area contributed by atoms with Gasteiger partial charge in [-0.2, -0.15) is 0 Å². The van der Waals surface area contributed by atoms with Crippen molar-refractivity contribution in [2.45, 2.75) is 25.5 Å². The molecule has 0 unspecified atom stereocenters. The summed E-state index contributed by atoms with van der Waals surface area (Å²) in [4.78, 5) is 11.1. The molecule has 0 saturated carbocycles. The fourth-order valence-electron chi connectivity index (χ4n) is 4.13. The second-order valence-corrected chi connectivity index (χ2v) is 8.50. The topological polar surface area (TPSA) is 50.3 Å². The molecule has 0 spiro atoms. The van der Waals surface area contributed by atoms with Crippen LogP contribution in [-0.4, -0.2) is 34.1 Å². The number of pyridine rings is 2. The zero-order valence-electron chi connectivity index (χ0n) is 17.7. The van der Waals surface area contributed by atoms with Crippen molar-refractivity contribution < 1.29 is 4.74 Å². The Kier molecular flexibility index (Phi) is 6.19. The molecule has 0 bridgehead atoms. The van der Waals surface area contributed by atoms with Crippen molar-refractivity contribution >= 4 is 33.9 Å². The first kappa shape index (κ1) is 20.7. The van der Waals surface area contributed by atoms with Crippen molar-refractivity contribution in [2.75, 3.05) is 18.4 Å². The number of benzene rings is 2. The summed E-state index contributed by atoms with van der Waals surface area (Å²) in [5, 5.41) is 5.91. The zero-order chi connectivity index (χ0) is 21.8. The van der Waals surface area contributed by atoms with Gasteiger partial charge in [-0.1, -0.05) is 41.9 Å². The van der Waals surface area contributed by atoms with Gasteiger partial charge in [0.1, 0.15) is 22.8 Å². The number of anilines is 2. The van der Waals surface area contributed by atoms with Gasteiger partial charge in [-0.15, -0.1) is 0 Å². The van der Waals surface area contributed by atoms with Crippen molar-refractivity contribution in [1.82, 2.24) is 14.9 Å². The normalized spacial score (nSPS) is 15.0. The third kappa shape index (κ3) is 5.01. The monoisotopic (exact) mass is 444 g/mol. The van der Waals surface area contributed by atoms with Gasteiger partial charge in [0.25, 0.3) is 0 Å². The molecule has 32 heavy (non-hydrogen) atoms. The SMILES string of the molecule is Clc1ccc(Nc2nccc3cc(OC4CCN(Cc5ccccc5)CC4)ccc23)cn1. The van der Waals surface area contributed by atoms with Crippen molar-refractivity contribution in [2.24, 2.45) is 0 Å². The van der Waals surface area contributed by atoms with Crippen molar-refractivity contribution in [1.29, 1.82) is 0 Å². The highest BCUT2D eigenvalue weighted by Gasteiger charge is 2.20. The molecule has 1 saturated heterocycles. The number of nitrogens with zero attached hydrogens (tertiary/aromatic N) is 3. The minimum atomic E-state index is 0.249. The fourth-order valence-corrected chi connectivity index (χ4v) is 4.25. The van der Waals surface area contributed by atoms with E-state index in [-0.39, 0.29) is 6.10 Å². The summed E-state index contributed by atoms with van der Waals surface area (Å²) in [6.07, 6.45) is 5.83. The number of likely N-dealkylation sites (tertiary alicyclic amines) is 1. The lowest BCUT2D eigenvalue weighted by Gasteiger charge is -2.32. The standard InChI is InChI=1S/C26H25ClN4O/c27-25-9-6-21(17-29-25)30-26-24-8-7-23(16-20(24)10-13-28-26)32-22-11-14-31(15-12-22)18-19-4-2-1-3-5-19/h1-10,13,16-17,22H,11-12,14-15,18H2,(H,28,30). The Labute approximate surface area is 193 Å². The minimum Gasteiger partial charge on any atom is -0.490 e. The van der Waals surface area contributed by atoms with Gasteiger partial charge in [-0.25, -0.2) is 9.97 Å². The van der Waals surface area contributed by atoms with E-state index in [9.17, 15) is 0 Å². The lowest BCUT2D eigenvalue weighted by Crippen LogP contribution is -2.37. The third-order valence-electron chi connectivity index (χ3n) is 5.81. The first-order valence-electron chi connectivity index (χ1n) is 10.9. The lowest BCUT2D eigenvalue weighted by molar-refractivity contribution is 0.0969. The van der Waals surface area contributed by atoms with E-state index in [2.05, 4.69) is 62.6 Å². The molecule has 162 valence electrons. The molecule has 5 nitrogen and oxygen atoms in total. The average molecular weight is 445 g/mol. The summed E-state index contributed by atoms with van der Waals surface area (Å²) in [5.41, 5.74) is 2.21. The van der Waals surface area contributed by atoms with Gasteiger partial charge in [0.15, 0.2) is 0 Å². The zero-order valence-corrected chi connectivity index (χ0v) is 18.5. The van der Waals surface area contributed by atoms with Crippen molar-refractivity contribution in [3.05, 3.63) is 89.8 Å². The number of piperidine rings is 1. The number of rotatable bonds is 6. The third-order valence-corrected chi connectivity index (χ3v) is 6.04. The number of nitrogens with one attached hydrogen (secondary N) is 1. The van der Waals surface area contributed by atoms with Crippen LogP contribution in [0.3, 0.4) is 0 Å². The quantitative estimate of drug-likeness (QED) is 0.366. The lowest BCUT2D eigenvalue weighted by atomic mass is 10.1. The van der Waals surface area contributed by atoms with Crippen LogP contribution in [0.2, 0.25) is 5.15 Å². The molecule has 0 amide bonds. The molecule has 1 aliphatic heterocycles.